The van der Waals surface area contributed by atoms with Crippen molar-refractivity contribution in [2.24, 2.45) is 5.41 Å². The normalized spacial score (nSPS) is 18.1. The Morgan fingerprint density at radius 2 is 2.10 bits per heavy atom. The molecule has 7 nitrogen and oxygen atoms in total. The Labute approximate surface area is 187 Å². The van der Waals surface area contributed by atoms with Crippen LogP contribution in [0.5, 0.6) is 0 Å². The van der Waals surface area contributed by atoms with Gasteiger partial charge in [0.1, 0.15) is 17.7 Å². The van der Waals surface area contributed by atoms with Gasteiger partial charge < -0.3 is 10.6 Å². The van der Waals surface area contributed by atoms with Crippen LogP contribution < -0.4 is 10.6 Å². The number of rotatable bonds is 2. The van der Waals surface area contributed by atoms with E-state index >= 15 is 0 Å². The van der Waals surface area contributed by atoms with Gasteiger partial charge in [-0.2, -0.15) is 0 Å². The van der Waals surface area contributed by atoms with Crippen molar-refractivity contribution in [3.8, 4) is 11.8 Å². The van der Waals surface area contributed by atoms with Gasteiger partial charge in [0, 0.05) is 30.0 Å². The van der Waals surface area contributed by atoms with Gasteiger partial charge in [-0.15, -0.1) is 0 Å². The predicted molar refractivity (Wildman–Crippen MR) is 119 cm³/mol. The number of fused-ring (bicyclic) bond motifs is 1. The molecule has 31 heavy (non-hydrogen) atoms. The van der Waals surface area contributed by atoms with Crippen molar-refractivity contribution in [2.75, 3.05) is 23.7 Å². The Morgan fingerprint density at radius 3 is 2.84 bits per heavy atom. The summed E-state index contributed by atoms with van der Waals surface area (Å²) in [5.41, 5.74) is 6.18. The third-order valence-electron chi connectivity index (χ3n) is 5.31. The number of nitro groups is 1. The minimum atomic E-state index is -0.575. The number of nitro benzene ring substituents is 1. The lowest BCUT2D eigenvalue weighted by Crippen LogP contribution is -2.24. The van der Waals surface area contributed by atoms with E-state index in [0.717, 1.165) is 0 Å². The number of benzene rings is 2. The molecule has 0 aliphatic carbocycles. The van der Waals surface area contributed by atoms with Gasteiger partial charge in [-0.1, -0.05) is 35.0 Å². The van der Waals surface area contributed by atoms with E-state index in [1.807, 2.05) is 11.8 Å². The largest absolute Gasteiger partial charge is 0.383 e. The molecule has 0 amide bonds. The van der Waals surface area contributed by atoms with Crippen LogP contribution in [0.2, 0.25) is 10.0 Å². The third kappa shape index (κ3) is 3.94. The van der Waals surface area contributed by atoms with Crippen LogP contribution in [-0.4, -0.2) is 28.0 Å². The van der Waals surface area contributed by atoms with Crippen molar-refractivity contribution < 1.29 is 9.31 Å². The molecule has 1 fully saturated rings. The quantitative estimate of drug-likeness (QED) is 0.255. The van der Waals surface area contributed by atoms with E-state index < -0.39 is 16.2 Å². The summed E-state index contributed by atoms with van der Waals surface area (Å²) in [6.07, 6.45) is 1.94. The molecule has 1 saturated heterocycles. The van der Waals surface area contributed by atoms with E-state index in [4.69, 9.17) is 28.9 Å². The smallest absolute Gasteiger partial charge is 0.285 e. The molecule has 1 aliphatic heterocycles. The molecular weight excluding hydrogens is 444 g/mol. The molecule has 2 aromatic carbocycles. The SMILES string of the molecule is CC1(C#Cc2cc3ncnc(N)c3cc2[N+](=O)[O-])CCN(c2ccc(Cl)c(Cl)c2F)C1. The number of hydrogen-bond acceptors (Lipinski definition) is 6. The van der Waals surface area contributed by atoms with Gasteiger partial charge in [-0.3, -0.25) is 10.1 Å². The van der Waals surface area contributed by atoms with Crippen molar-refractivity contribution in [2.45, 2.75) is 13.3 Å². The standard InChI is InChI=1S/C21H16Cl2FN5O2/c1-21(6-7-28(10-21)16-3-2-14(22)18(23)19(16)24)5-4-12-8-15-13(9-17(12)29(30)31)20(25)27-11-26-15/h2-3,8-9,11H,6-7,10H2,1H3,(H2,25,26,27). The van der Waals surface area contributed by atoms with E-state index in [1.54, 1.807) is 12.1 Å². The average Bonchev–Trinajstić information content (AvgIpc) is 3.12. The van der Waals surface area contributed by atoms with Crippen LogP contribution in [0, 0.1) is 33.2 Å². The minimum Gasteiger partial charge on any atom is -0.383 e. The van der Waals surface area contributed by atoms with Gasteiger partial charge in [0.05, 0.1) is 26.2 Å². The second kappa shape index (κ2) is 7.84. The Kier molecular flexibility index (Phi) is 5.33. The molecule has 1 atom stereocenters. The summed E-state index contributed by atoms with van der Waals surface area (Å²) in [6.45, 7) is 2.93. The first-order valence-corrected chi connectivity index (χ1v) is 10.0. The van der Waals surface area contributed by atoms with Crippen molar-refractivity contribution in [1.82, 2.24) is 9.97 Å². The fraction of sp³-hybridized carbons (Fsp3) is 0.238. The third-order valence-corrected chi connectivity index (χ3v) is 6.09. The summed E-state index contributed by atoms with van der Waals surface area (Å²) in [4.78, 5) is 20.9. The minimum absolute atomic E-state index is 0.119. The Morgan fingerprint density at radius 1 is 1.32 bits per heavy atom. The van der Waals surface area contributed by atoms with E-state index in [9.17, 15) is 14.5 Å². The van der Waals surface area contributed by atoms with Crippen LogP contribution in [-0.2, 0) is 0 Å². The summed E-state index contributed by atoms with van der Waals surface area (Å²) in [5, 5.41) is 12.0. The lowest BCUT2D eigenvalue weighted by atomic mass is 9.90. The number of hydrogen-bond donors (Lipinski definition) is 1. The highest BCUT2D eigenvalue weighted by atomic mass is 35.5. The summed E-state index contributed by atoms with van der Waals surface area (Å²) >= 11 is 11.8. The van der Waals surface area contributed by atoms with E-state index in [1.165, 1.54) is 18.5 Å². The van der Waals surface area contributed by atoms with Gasteiger partial charge >= 0.3 is 0 Å². The number of nitrogens with two attached hydrogens (primary N) is 1. The van der Waals surface area contributed by atoms with Crippen molar-refractivity contribution in [1.29, 1.82) is 0 Å². The predicted octanol–water partition coefficient (Wildman–Crippen LogP) is 4.83. The van der Waals surface area contributed by atoms with Crippen LogP contribution in [0.25, 0.3) is 10.9 Å². The zero-order valence-electron chi connectivity index (χ0n) is 16.3. The van der Waals surface area contributed by atoms with Crippen LogP contribution in [0.3, 0.4) is 0 Å². The summed E-state index contributed by atoms with van der Waals surface area (Å²) < 4.78 is 14.5. The van der Waals surface area contributed by atoms with Gasteiger partial charge in [0.2, 0.25) is 0 Å². The van der Waals surface area contributed by atoms with Gasteiger partial charge in [-0.25, -0.2) is 14.4 Å². The molecule has 158 valence electrons. The molecule has 4 rings (SSSR count). The van der Waals surface area contributed by atoms with Crippen molar-refractivity contribution in [3.63, 3.8) is 0 Å². The highest BCUT2D eigenvalue weighted by Crippen LogP contribution is 2.38. The van der Waals surface area contributed by atoms with Crippen LogP contribution in [0.4, 0.5) is 21.6 Å². The van der Waals surface area contributed by atoms with E-state index in [-0.39, 0.29) is 27.1 Å². The van der Waals surface area contributed by atoms with Crippen molar-refractivity contribution in [3.05, 3.63) is 62.1 Å². The molecule has 0 spiro atoms. The lowest BCUT2D eigenvalue weighted by molar-refractivity contribution is -0.385. The first-order chi connectivity index (χ1) is 14.7. The molecule has 2 N–H and O–H groups in total. The van der Waals surface area contributed by atoms with E-state index in [0.29, 0.717) is 36.1 Å². The average molecular weight is 460 g/mol. The number of halogens is 3. The molecule has 10 heteroatoms. The Bertz CT molecular complexity index is 1290. The first kappa shape index (κ1) is 21.1. The molecule has 1 aliphatic rings. The van der Waals surface area contributed by atoms with Gasteiger partial charge in [0.15, 0.2) is 5.82 Å². The maximum Gasteiger partial charge on any atom is 0.285 e. The van der Waals surface area contributed by atoms with Gasteiger partial charge in [0.25, 0.3) is 5.69 Å². The summed E-state index contributed by atoms with van der Waals surface area (Å²) in [6, 6.07) is 6.01. The highest BCUT2D eigenvalue weighted by Gasteiger charge is 2.34. The van der Waals surface area contributed by atoms with Crippen LogP contribution in [0.15, 0.2) is 30.6 Å². The van der Waals surface area contributed by atoms with Crippen molar-refractivity contribution >= 4 is 51.3 Å². The Hall–Kier alpha value is -3.15. The number of anilines is 2. The number of aromatic nitrogens is 2. The van der Waals surface area contributed by atoms with Crippen LogP contribution in [0.1, 0.15) is 18.9 Å². The maximum absolute atomic E-state index is 14.5. The zero-order chi connectivity index (χ0) is 22.3. The lowest BCUT2D eigenvalue weighted by Gasteiger charge is -2.22. The van der Waals surface area contributed by atoms with Crippen LogP contribution >= 0.6 is 23.2 Å². The fourth-order valence-electron chi connectivity index (χ4n) is 3.61. The highest BCUT2D eigenvalue weighted by molar-refractivity contribution is 6.42. The summed E-state index contributed by atoms with van der Waals surface area (Å²) in [7, 11) is 0. The topological polar surface area (TPSA) is 98.2 Å². The monoisotopic (exact) mass is 459 g/mol. The molecule has 1 unspecified atom stereocenters. The maximum atomic E-state index is 14.5. The molecular formula is C21H16Cl2FN5O2. The molecule has 0 saturated carbocycles. The molecule has 3 aromatic rings. The molecule has 2 heterocycles. The van der Waals surface area contributed by atoms with E-state index in [2.05, 4.69) is 21.8 Å². The second-order valence-corrected chi connectivity index (χ2v) is 8.36. The number of nitrogen functional groups attached to an aromatic ring is 1. The second-order valence-electron chi connectivity index (χ2n) is 7.58. The molecule has 0 bridgehead atoms. The number of nitrogens with zero attached hydrogens (tertiary/aromatic N) is 4. The Balaban J connectivity index is 1.68. The fourth-order valence-corrected chi connectivity index (χ4v) is 3.92. The zero-order valence-corrected chi connectivity index (χ0v) is 17.8. The molecule has 0 radical (unpaired) electrons. The van der Waals surface area contributed by atoms with Gasteiger partial charge in [-0.05, 0) is 31.5 Å². The first-order valence-electron chi connectivity index (χ1n) is 9.29. The summed E-state index contributed by atoms with van der Waals surface area (Å²) in [5.74, 6) is 5.66. The molecule has 1 aromatic heterocycles.